The maximum Gasteiger partial charge on any atom is 0.304 e. The van der Waals surface area contributed by atoms with Crippen LogP contribution in [-0.4, -0.2) is 15.9 Å². The van der Waals surface area contributed by atoms with Crippen molar-refractivity contribution in [3.05, 3.63) is 0 Å². The van der Waals surface area contributed by atoms with Crippen molar-refractivity contribution in [2.75, 3.05) is 0 Å². The Kier molecular flexibility index (Phi) is 3.00. The van der Waals surface area contributed by atoms with Crippen LogP contribution in [0.3, 0.4) is 0 Å². The van der Waals surface area contributed by atoms with Crippen LogP contribution in [0.4, 0.5) is 0 Å². The average Bonchev–Trinajstić information content (AvgIpc) is 1.27. The summed E-state index contributed by atoms with van der Waals surface area (Å²) in [6, 6.07) is 0. The maximum atomic E-state index is 9.78. The van der Waals surface area contributed by atoms with E-state index in [0.29, 0.717) is 0 Å². The van der Waals surface area contributed by atoms with Gasteiger partial charge in [-0.25, -0.2) is 0 Å². The highest BCUT2D eigenvalue weighted by molar-refractivity contribution is 9.09. The van der Waals surface area contributed by atoms with E-state index >= 15 is 0 Å². The number of halogens is 1. The zero-order valence-corrected chi connectivity index (χ0v) is 5.60. The minimum atomic E-state index is -0.760. The normalized spacial score (nSPS) is 13.4. The van der Waals surface area contributed by atoms with Crippen LogP contribution in [0.15, 0.2) is 0 Å². The summed E-state index contributed by atoms with van der Waals surface area (Å²) in [6.45, 7) is 1.80. The second-order valence-corrected chi connectivity index (χ2v) is 2.94. The molecule has 0 rings (SSSR count). The zero-order valence-electron chi connectivity index (χ0n) is 4.02. The van der Waals surface area contributed by atoms with Gasteiger partial charge in [0, 0.05) is 4.83 Å². The standard InChI is InChI=1S/C4H7BrO2/c1-3(5)2-4(6)7/h3H,2H2,1H3,(H,6,7)/t3-/m1/s1. The third kappa shape index (κ3) is 5.95. The Balaban J connectivity index is 3.13. The Morgan fingerprint density at radius 3 is 2.43 bits per heavy atom. The van der Waals surface area contributed by atoms with Crippen molar-refractivity contribution >= 4 is 21.9 Å². The molecule has 0 amide bonds. The number of hydrogen-bond donors (Lipinski definition) is 1. The number of carboxylic acids is 1. The molecule has 1 atom stereocenters. The molecule has 0 saturated carbocycles. The summed E-state index contributed by atoms with van der Waals surface area (Å²) in [5, 5.41) is 8.05. The molecule has 0 aliphatic heterocycles. The topological polar surface area (TPSA) is 37.3 Å². The summed E-state index contributed by atoms with van der Waals surface area (Å²) in [5.41, 5.74) is 0. The fraction of sp³-hybridized carbons (Fsp3) is 0.750. The summed E-state index contributed by atoms with van der Waals surface area (Å²) >= 11 is 3.09. The van der Waals surface area contributed by atoms with Gasteiger partial charge in [0.2, 0.25) is 0 Å². The van der Waals surface area contributed by atoms with Gasteiger partial charge in [-0.2, -0.15) is 0 Å². The minimum absolute atomic E-state index is 0.0880. The SMILES string of the molecule is C[C@@H](Br)CC(=O)O. The van der Waals surface area contributed by atoms with Crippen LogP contribution < -0.4 is 0 Å². The highest BCUT2D eigenvalue weighted by atomic mass is 79.9. The van der Waals surface area contributed by atoms with Crippen LogP contribution >= 0.6 is 15.9 Å². The highest BCUT2D eigenvalue weighted by Gasteiger charge is 2.00. The molecule has 0 saturated heterocycles. The largest absolute Gasteiger partial charge is 0.481 e. The Morgan fingerprint density at radius 2 is 2.43 bits per heavy atom. The lowest BCUT2D eigenvalue weighted by molar-refractivity contribution is -0.136. The van der Waals surface area contributed by atoms with Crippen molar-refractivity contribution in [2.45, 2.75) is 18.2 Å². The Labute approximate surface area is 50.7 Å². The molecule has 0 spiro atoms. The van der Waals surface area contributed by atoms with Crippen LogP contribution in [0.5, 0.6) is 0 Å². The molecule has 0 aromatic rings. The van der Waals surface area contributed by atoms with E-state index in [4.69, 9.17) is 5.11 Å². The lowest BCUT2D eigenvalue weighted by Gasteiger charge is -1.92. The van der Waals surface area contributed by atoms with Crippen LogP contribution in [0, 0.1) is 0 Å². The molecule has 1 N–H and O–H groups in total. The van der Waals surface area contributed by atoms with E-state index in [-0.39, 0.29) is 11.2 Å². The molecule has 0 unspecified atom stereocenters. The van der Waals surface area contributed by atoms with E-state index in [1.165, 1.54) is 0 Å². The molecule has 0 aliphatic carbocycles. The second kappa shape index (κ2) is 3.02. The molecule has 0 fully saturated rings. The first kappa shape index (κ1) is 6.95. The Hall–Kier alpha value is -0.0500. The van der Waals surface area contributed by atoms with Gasteiger partial charge in [-0.05, 0) is 0 Å². The van der Waals surface area contributed by atoms with Crippen molar-refractivity contribution in [3.63, 3.8) is 0 Å². The number of carboxylic acid groups (broad SMARTS) is 1. The van der Waals surface area contributed by atoms with Crippen molar-refractivity contribution < 1.29 is 9.90 Å². The molecule has 0 aromatic carbocycles. The fourth-order valence-electron chi connectivity index (χ4n) is 0.241. The summed E-state index contributed by atoms with van der Waals surface area (Å²) in [4.78, 5) is 9.87. The lowest BCUT2D eigenvalue weighted by atomic mass is 10.3. The van der Waals surface area contributed by atoms with Gasteiger partial charge in [-0.15, -0.1) is 0 Å². The summed E-state index contributed by atoms with van der Waals surface area (Å²) in [5.74, 6) is -0.760. The predicted molar refractivity (Wildman–Crippen MR) is 30.6 cm³/mol. The Morgan fingerprint density at radius 1 is 2.00 bits per heavy atom. The first-order chi connectivity index (χ1) is 3.13. The lowest BCUT2D eigenvalue weighted by Crippen LogP contribution is -2.01. The number of aliphatic carboxylic acids is 1. The predicted octanol–water partition coefficient (Wildman–Crippen LogP) is 1.24. The average molecular weight is 167 g/mol. The van der Waals surface area contributed by atoms with E-state index in [1.54, 1.807) is 6.92 Å². The van der Waals surface area contributed by atoms with Crippen molar-refractivity contribution in [2.24, 2.45) is 0 Å². The van der Waals surface area contributed by atoms with Crippen LogP contribution in [0.25, 0.3) is 0 Å². The first-order valence-electron chi connectivity index (χ1n) is 1.99. The molecule has 0 aliphatic rings. The van der Waals surface area contributed by atoms with Gasteiger partial charge in [0.1, 0.15) is 0 Å². The van der Waals surface area contributed by atoms with Crippen LogP contribution in [0.2, 0.25) is 0 Å². The van der Waals surface area contributed by atoms with Gasteiger partial charge in [-0.1, -0.05) is 22.9 Å². The third-order valence-corrected chi connectivity index (χ3v) is 0.780. The monoisotopic (exact) mass is 166 g/mol. The van der Waals surface area contributed by atoms with E-state index in [9.17, 15) is 4.79 Å². The molecular weight excluding hydrogens is 160 g/mol. The maximum absolute atomic E-state index is 9.78. The molecule has 0 radical (unpaired) electrons. The van der Waals surface area contributed by atoms with Crippen LogP contribution in [-0.2, 0) is 4.79 Å². The third-order valence-electron chi connectivity index (χ3n) is 0.456. The van der Waals surface area contributed by atoms with Gasteiger partial charge < -0.3 is 5.11 Å². The zero-order chi connectivity index (χ0) is 5.86. The van der Waals surface area contributed by atoms with E-state index in [0.717, 1.165) is 0 Å². The van der Waals surface area contributed by atoms with Gasteiger partial charge in [0.25, 0.3) is 0 Å². The number of rotatable bonds is 2. The van der Waals surface area contributed by atoms with Crippen molar-refractivity contribution in [1.82, 2.24) is 0 Å². The molecule has 2 nitrogen and oxygen atoms in total. The summed E-state index contributed by atoms with van der Waals surface area (Å²) < 4.78 is 0. The minimum Gasteiger partial charge on any atom is -0.481 e. The second-order valence-electron chi connectivity index (χ2n) is 1.38. The molecule has 7 heavy (non-hydrogen) atoms. The number of alkyl halides is 1. The van der Waals surface area contributed by atoms with E-state index in [1.807, 2.05) is 0 Å². The highest BCUT2D eigenvalue weighted by Crippen LogP contribution is 2.01. The summed E-state index contributed by atoms with van der Waals surface area (Å²) in [6.07, 6.45) is 0.194. The van der Waals surface area contributed by atoms with Gasteiger partial charge in [-0.3, -0.25) is 4.79 Å². The Bertz CT molecular complexity index is 70.1. The molecular formula is C4H7BrO2. The molecule has 3 heteroatoms. The van der Waals surface area contributed by atoms with Gasteiger partial charge in [0.05, 0.1) is 6.42 Å². The quantitative estimate of drug-likeness (QED) is 0.628. The van der Waals surface area contributed by atoms with Gasteiger partial charge >= 0.3 is 5.97 Å². The van der Waals surface area contributed by atoms with Gasteiger partial charge in [0.15, 0.2) is 0 Å². The molecule has 0 heterocycles. The van der Waals surface area contributed by atoms with E-state index < -0.39 is 5.97 Å². The molecule has 0 bridgehead atoms. The first-order valence-corrected chi connectivity index (χ1v) is 2.90. The van der Waals surface area contributed by atoms with Crippen LogP contribution in [0.1, 0.15) is 13.3 Å². The van der Waals surface area contributed by atoms with Crippen molar-refractivity contribution in [3.8, 4) is 0 Å². The number of carbonyl (C=O) groups is 1. The summed E-state index contributed by atoms with van der Waals surface area (Å²) in [7, 11) is 0. The number of hydrogen-bond acceptors (Lipinski definition) is 1. The van der Waals surface area contributed by atoms with Crippen molar-refractivity contribution in [1.29, 1.82) is 0 Å². The molecule has 42 valence electrons. The smallest absolute Gasteiger partial charge is 0.304 e. The fourth-order valence-corrected chi connectivity index (χ4v) is 0.518. The van der Waals surface area contributed by atoms with E-state index in [2.05, 4.69) is 15.9 Å². The molecule has 0 aromatic heterocycles.